The maximum atomic E-state index is 11.3. The third-order valence-electron chi connectivity index (χ3n) is 3.12. The fraction of sp³-hybridized carbons (Fsp3) is 0.188. The Morgan fingerprint density at radius 2 is 1.90 bits per heavy atom. The summed E-state index contributed by atoms with van der Waals surface area (Å²) in [5.41, 5.74) is 3.59. The minimum atomic E-state index is -0.342. The number of phenolic OH excluding ortho intramolecular Hbond substituents is 1. The standard InChI is InChI=1S/C16H17NO3/c1-11-9-15(18)8-5-13(11)10-17-14-6-3-12(4-7-14)16(19)20-2/h3-9,17-18H,10H2,1-2H3. The summed E-state index contributed by atoms with van der Waals surface area (Å²) < 4.78 is 4.65. The number of nitrogens with one attached hydrogen (secondary N) is 1. The van der Waals surface area contributed by atoms with Crippen molar-refractivity contribution in [1.82, 2.24) is 0 Å². The van der Waals surface area contributed by atoms with E-state index in [2.05, 4.69) is 10.1 Å². The molecule has 0 bridgehead atoms. The lowest BCUT2D eigenvalue weighted by molar-refractivity contribution is 0.0601. The van der Waals surface area contributed by atoms with Crippen molar-refractivity contribution < 1.29 is 14.6 Å². The number of methoxy groups -OCH3 is 1. The molecule has 0 aliphatic rings. The van der Waals surface area contributed by atoms with Gasteiger partial charge in [0.1, 0.15) is 5.75 Å². The molecule has 4 heteroatoms. The average Bonchev–Trinajstić information content (AvgIpc) is 2.46. The molecule has 0 aromatic heterocycles. The van der Waals surface area contributed by atoms with Crippen molar-refractivity contribution >= 4 is 11.7 Å². The highest BCUT2D eigenvalue weighted by molar-refractivity contribution is 5.89. The Morgan fingerprint density at radius 1 is 1.20 bits per heavy atom. The smallest absolute Gasteiger partial charge is 0.337 e. The molecule has 104 valence electrons. The van der Waals surface area contributed by atoms with Gasteiger partial charge < -0.3 is 15.2 Å². The van der Waals surface area contributed by atoms with Gasteiger partial charge in [-0.2, -0.15) is 0 Å². The van der Waals surface area contributed by atoms with E-state index in [-0.39, 0.29) is 11.7 Å². The van der Waals surface area contributed by atoms with Crippen molar-refractivity contribution in [2.75, 3.05) is 12.4 Å². The summed E-state index contributed by atoms with van der Waals surface area (Å²) in [6.07, 6.45) is 0. The molecule has 0 atom stereocenters. The van der Waals surface area contributed by atoms with Crippen LogP contribution in [-0.4, -0.2) is 18.2 Å². The van der Waals surface area contributed by atoms with Gasteiger partial charge in [0.05, 0.1) is 12.7 Å². The molecule has 0 saturated carbocycles. The van der Waals surface area contributed by atoms with Crippen molar-refractivity contribution in [2.24, 2.45) is 0 Å². The van der Waals surface area contributed by atoms with Crippen LogP contribution in [0.25, 0.3) is 0 Å². The van der Waals surface area contributed by atoms with Gasteiger partial charge in [-0.3, -0.25) is 0 Å². The quantitative estimate of drug-likeness (QED) is 0.839. The Labute approximate surface area is 118 Å². The molecule has 0 saturated heterocycles. The summed E-state index contributed by atoms with van der Waals surface area (Å²) >= 11 is 0. The van der Waals surface area contributed by atoms with Crippen LogP contribution >= 0.6 is 0 Å². The molecule has 20 heavy (non-hydrogen) atoms. The van der Waals surface area contributed by atoms with Crippen LogP contribution in [0.4, 0.5) is 5.69 Å². The summed E-state index contributed by atoms with van der Waals surface area (Å²) in [5, 5.41) is 12.6. The van der Waals surface area contributed by atoms with Gasteiger partial charge in [-0.25, -0.2) is 4.79 Å². The van der Waals surface area contributed by atoms with Crippen LogP contribution < -0.4 is 5.32 Å². The highest BCUT2D eigenvalue weighted by Crippen LogP contribution is 2.17. The number of anilines is 1. The van der Waals surface area contributed by atoms with Gasteiger partial charge in [0.15, 0.2) is 0 Å². The summed E-state index contributed by atoms with van der Waals surface area (Å²) in [4.78, 5) is 11.3. The zero-order valence-electron chi connectivity index (χ0n) is 11.5. The van der Waals surface area contributed by atoms with Gasteiger partial charge in [0.2, 0.25) is 0 Å². The highest BCUT2D eigenvalue weighted by atomic mass is 16.5. The molecule has 2 aromatic rings. The van der Waals surface area contributed by atoms with E-state index in [1.807, 2.05) is 25.1 Å². The zero-order chi connectivity index (χ0) is 14.5. The molecule has 0 spiro atoms. The normalized spacial score (nSPS) is 10.1. The Hall–Kier alpha value is -2.49. The van der Waals surface area contributed by atoms with Crippen LogP contribution in [0, 0.1) is 6.92 Å². The van der Waals surface area contributed by atoms with Crippen LogP contribution in [-0.2, 0) is 11.3 Å². The van der Waals surface area contributed by atoms with Gasteiger partial charge >= 0.3 is 5.97 Å². The van der Waals surface area contributed by atoms with Gasteiger partial charge in [-0.15, -0.1) is 0 Å². The Balaban J connectivity index is 2.02. The molecule has 2 aromatic carbocycles. The molecule has 0 heterocycles. The third kappa shape index (κ3) is 3.29. The second-order valence-corrected chi connectivity index (χ2v) is 4.53. The predicted molar refractivity (Wildman–Crippen MR) is 78.0 cm³/mol. The van der Waals surface area contributed by atoms with E-state index in [1.54, 1.807) is 24.3 Å². The summed E-state index contributed by atoms with van der Waals surface area (Å²) in [6, 6.07) is 12.4. The van der Waals surface area contributed by atoms with Crippen molar-refractivity contribution in [3.8, 4) is 5.75 Å². The van der Waals surface area contributed by atoms with Crippen molar-refractivity contribution in [3.63, 3.8) is 0 Å². The minimum absolute atomic E-state index is 0.272. The molecule has 0 aliphatic heterocycles. The number of aryl methyl sites for hydroxylation is 1. The van der Waals surface area contributed by atoms with E-state index in [0.29, 0.717) is 12.1 Å². The molecule has 0 radical (unpaired) electrons. The lowest BCUT2D eigenvalue weighted by atomic mass is 10.1. The maximum Gasteiger partial charge on any atom is 0.337 e. The molecular formula is C16H17NO3. The van der Waals surface area contributed by atoms with Crippen LogP contribution in [0.5, 0.6) is 5.75 Å². The molecule has 0 amide bonds. The van der Waals surface area contributed by atoms with E-state index in [0.717, 1.165) is 16.8 Å². The second-order valence-electron chi connectivity index (χ2n) is 4.53. The molecule has 0 fully saturated rings. The molecule has 2 rings (SSSR count). The summed E-state index contributed by atoms with van der Waals surface area (Å²) in [5.74, 6) is -0.0698. The largest absolute Gasteiger partial charge is 0.508 e. The van der Waals surface area contributed by atoms with Crippen LogP contribution in [0.3, 0.4) is 0 Å². The number of esters is 1. The number of rotatable bonds is 4. The molecule has 0 aliphatic carbocycles. The predicted octanol–water partition coefficient (Wildman–Crippen LogP) is 3.10. The minimum Gasteiger partial charge on any atom is -0.508 e. The van der Waals surface area contributed by atoms with E-state index in [9.17, 15) is 9.90 Å². The number of phenols is 1. The monoisotopic (exact) mass is 271 g/mol. The van der Waals surface area contributed by atoms with E-state index in [4.69, 9.17) is 0 Å². The van der Waals surface area contributed by atoms with Gasteiger partial charge in [0.25, 0.3) is 0 Å². The van der Waals surface area contributed by atoms with E-state index in [1.165, 1.54) is 7.11 Å². The lowest BCUT2D eigenvalue weighted by Crippen LogP contribution is -2.03. The average molecular weight is 271 g/mol. The first-order chi connectivity index (χ1) is 9.60. The summed E-state index contributed by atoms with van der Waals surface area (Å²) in [6.45, 7) is 2.61. The first-order valence-corrected chi connectivity index (χ1v) is 6.31. The fourth-order valence-corrected chi connectivity index (χ4v) is 1.92. The maximum absolute atomic E-state index is 11.3. The number of benzene rings is 2. The summed E-state index contributed by atoms with van der Waals surface area (Å²) in [7, 11) is 1.36. The highest BCUT2D eigenvalue weighted by Gasteiger charge is 2.04. The third-order valence-corrected chi connectivity index (χ3v) is 3.12. The van der Waals surface area contributed by atoms with Crippen LogP contribution in [0.1, 0.15) is 21.5 Å². The zero-order valence-corrected chi connectivity index (χ0v) is 11.5. The molecule has 4 nitrogen and oxygen atoms in total. The lowest BCUT2D eigenvalue weighted by Gasteiger charge is -2.10. The van der Waals surface area contributed by atoms with Crippen LogP contribution in [0.15, 0.2) is 42.5 Å². The van der Waals surface area contributed by atoms with Gasteiger partial charge in [0, 0.05) is 12.2 Å². The number of carbonyl (C=O) groups excluding carboxylic acids is 1. The van der Waals surface area contributed by atoms with E-state index >= 15 is 0 Å². The number of carbonyl (C=O) groups is 1. The van der Waals surface area contributed by atoms with Crippen molar-refractivity contribution in [1.29, 1.82) is 0 Å². The number of ether oxygens (including phenoxy) is 1. The Kier molecular flexibility index (Phi) is 4.25. The van der Waals surface area contributed by atoms with Crippen LogP contribution in [0.2, 0.25) is 0 Å². The number of hydrogen-bond acceptors (Lipinski definition) is 4. The number of hydrogen-bond donors (Lipinski definition) is 2. The second kappa shape index (κ2) is 6.10. The molecule has 0 unspecified atom stereocenters. The van der Waals surface area contributed by atoms with Gasteiger partial charge in [-0.1, -0.05) is 6.07 Å². The van der Waals surface area contributed by atoms with Gasteiger partial charge in [-0.05, 0) is 54.4 Å². The number of aromatic hydroxyl groups is 1. The Morgan fingerprint density at radius 3 is 2.50 bits per heavy atom. The topological polar surface area (TPSA) is 58.6 Å². The molecular weight excluding hydrogens is 254 g/mol. The SMILES string of the molecule is COC(=O)c1ccc(NCc2ccc(O)cc2C)cc1. The Bertz CT molecular complexity index is 606. The fourth-order valence-electron chi connectivity index (χ4n) is 1.92. The van der Waals surface area contributed by atoms with Crippen molar-refractivity contribution in [3.05, 3.63) is 59.2 Å². The first-order valence-electron chi connectivity index (χ1n) is 6.31. The van der Waals surface area contributed by atoms with Crippen molar-refractivity contribution in [2.45, 2.75) is 13.5 Å². The first kappa shape index (κ1) is 13.9. The molecule has 2 N–H and O–H groups in total. The van der Waals surface area contributed by atoms with E-state index < -0.39 is 0 Å².